The van der Waals surface area contributed by atoms with E-state index < -0.39 is 0 Å². The van der Waals surface area contributed by atoms with Gasteiger partial charge in [0.1, 0.15) is 0 Å². The second-order valence-corrected chi connectivity index (χ2v) is 7.39. The van der Waals surface area contributed by atoms with Gasteiger partial charge in [0.05, 0.1) is 11.4 Å². The molecule has 26 heavy (non-hydrogen) atoms. The third-order valence-corrected chi connectivity index (χ3v) is 5.46. The number of nitrogens with zero attached hydrogens (tertiary/aromatic N) is 2. The van der Waals surface area contributed by atoms with E-state index in [1.807, 2.05) is 63.2 Å². The highest BCUT2D eigenvalue weighted by atomic mass is 35.5. The van der Waals surface area contributed by atoms with Crippen molar-refractivity contribution >= 4 is 35.0 Å². The van der Waals surface area contributed by atoms with Crippen LogP contribution in [0.5, 0.6) is 0 Å². The number of aryl methyl sites for hydroxylation is 2. The Balaban J connectivity index is 1.72. The summed E-state index contributed by atoms with van der Waals surface area (Å²) in [7, 11) is 0. The quantitative estimate of drug-likeness (QED) is 0.615. The van der Waals surface area contributed by atoms with E-state index in [9.17, 15) is 4.79 Å². The van der Waals surface area contributed by atoms with Crippen LogP contribution in [0.1, 0.15) is 17.0 Å². The van der Waals surface area contributed by atoms with E-state index in [0.29, 0.717) is 10.7 Å². The number of benzene rings is 2. The van der Waals surface area contributed by atoms with E-state index in [-0.39, 0.29) is 11.7 Å². The molecule has 1 amide bonds. The molecule has 6 heteroatoms. The molecule has 134 valence electrons. The van der Waals surface area contributed by atoms with Crippen LogP contribution in [0.3, 0.4) is 0 Å². The molecular formula is C20H20ClN3OS. The lowest BCUT2D eigenvalue weighted by molar-refractivity contribution is -0.113. The van der Waals surface area contributed by atoms with Gasteiger partial charge in [-0.3, -0.25) is 9.36 Å². The fraction of sp³-hybridized carbons (Fsp3) is 0.200. The molecule has 1 heterocycles. The molecule has 3 aromatic rings. The first-order valence-corrected chi connectivity index (χ1v) is 9.62. The Labute approximate surface area is 162 Å². The van der Waals surface area contributed by atoms with Gasteiger partial charge in [0.2, 0.25) is 5.91 Å². The lowest BCUT2D eigenvalue weighted by Crippen LogP contribution is -2.14. The summed E-state index contributed by atoms with van der Waals surface area (Å²) in [5.74, 6) is 0.182. The SMILES string of the molecule is Cc1ccc(NC(=O)CSc2nc(C)c(C)n2-c2ccccc2)cc1Cl. The third-order valence-electron chi connectivity index (χ3n) is 4.12. The predicted molar refractivity (Wildman–Crippen MR) is 109 cm³/mol. The second kappa shape index (κ2) is 7.98. The molecule has 0 aliphatic rings. The molecule has 0 saturated heterocycles. The molecule has 0 radical (unpaired) electrons. The van der Waals surface area contributed by atoms with Crippen molar-refractivity contribution in [1.82, 2.24) is 9.55 Å². The Morgan fingerprint density at radius 2 is 1.88 bits per heavy atom. The number of hydrogen-bond donors (Lipinski definition) is 1. The molecule has 0 atom stereocenters. The average molecular weight is 386 g/mol. The number of amides is 1. The molecular weight excluding hydrogens is 366 g/mol. The van der Waals surface area contributed by atoms with Gasteiger partial charge in [0.25, 0.3) is 0 Å². The van der Waals surface area contributed by atoms with E-state index in [1.54, 1.807) is 6.07 Å². The number of nitrogens with one attached hydrogen (secondary N) is 1. The fourth-order valence-electron chi connectivity index (χ4n) is 2.56. The normalized spacial score (nSPS) is 10.8. The number of halogens is 1. The lowest BCUT2D eigenvalue weighted by atomic mass is 10.2. The summed E-state index contributed by atoms with van der Waals surface area (Å²) in [6.07, 6.45) is 0. The van der Waals surface area contributed by atoms with Crippen LogP contribution in [0.25, 0.3) is 5.69 Å². The molecule has 4 nitrogen and oxygen atoms in total. The van der Waals surface area contributed by atoms with Gasteiger partial charge < -0.3 is 5.32 Å². The maximum absolute atomic E-state index is 12.3. The number of para-hydroxylation sites is 1. The summed E-state index contributed by atoms with van der Waals surface area (Å²) in [5, 5.41) is 4.33. The number of thioether (sulfide) groups is 1. The second-order valence-electron chi connectivity index (χ2n) is 6.04. The standard InChI is InChI=1S/C20H20ClN3OS/c1-13-9-10-16(11-18(13)21)23-19(25)12-26-20-22-14(2)15(3)24(20)17-7-5-4-6-8-17/h4-11H,12H2,1-3H3,(H,23,25). The molecule has 0 unspecified atom stereocenters. The molecule has 0 saturated carbocycles. The van der Waals surface area contributed by atoms with Crippen LogP contribution in [-0.4, -0.2) is 21.2 Å². The maximum atomic E-state index is 12.3. The third kappa shape index (κ3) is 4.11. The van der Waals surface area contributed by atoms with Gasteiger partial charge in [-0.2, -0.15) is 0 Å². The van der Waals surface area contributed by atoms with Crippen molar-refractivity contribution in [1.29, 1.82) is 0 Å². The summed E-state index contributed by atoms with van der Waals surface area (Å²) >= 11 is 7.53. The highest BCUT2D eigenvalue weighted by Gasteiger charge is 2.15. The van der Waals surface area contributed by atoms with Crippen LogP contribution < -0.4 is 5.32 Å². The largest absolute Gasteiger partial charge is 0.325 e. The molecule has 0 aliphatic heterocycles. The number of imidazole rings is 1. The summed E-state index contributed by atoms with van der Waals surface area (Å²) in [4.78, 5) is 16.9. The number of hydrogen-bond acceptors (Lipinski definition) is 3. The Morgan fingerprint density at radius 3 is 2.58 bits per heavy atom. The van der Waals surface area contributed by atoms with Crippen molar-refractivity contribution in [3.05, 3.63) is 70.5 Å². The summed E-state index contributed by atoms with van der Waals surface area (Å²) in [6.45, 7) is 5.94. The Bertz CT molecular complexity index is 938. The summed E-state index contributed by atoms with van der Waals surface area (Å²) in [5.41, 5.74) is 4.75. The summed E-state index contributed by atoms with van der Waals surface area (Å²) < 4.78 is 2.08. The van der Waals surface area contributed by atoms with E-state index in [1.165, 1.54) is 11.8 Å². The zero-order chi connectivity index (χ0) is 18.7. The molecule has 1 N–H and O–H groups in total. The summed E-state index contributed by atoms with van der Waals surface area (Å²) in [6, 6.07) is 15.5. The number of aromatic nitrogens is 2. The van der Waals surface area contributed by atoms with Gasteiger partial charge in [-0.15, -0.1) is 0 Å². The first-order valence-electron chi connectivity index (χ1n) is 8.26. The van der Waals surface area contributed by atoms with Crippen LogP contribution in [0.2, 0.25) is 5.02 Å². The van der Waals surface area contributed by atoms with Gasteiger partial charge >= 0.3 is 0 Å². The van der Waals surface area contributed by atoms with Gasteiger partial charge in [-0.05, 0) is 50.6 Å². The highest BCUT2D eigenvalue weighted by molar-refractivity contribution is 7.99. The minimum Gasteiger partial charge on any atom is -0.325 e. The van der Waals surface area contributed by atoms with Crippen molar-refractivity contribution in [2.45, 2.75) is 25.9 Å². The number of anilines is 1. The fourth-order valence-corrected chi connectivity index (χ4v) is 3.64. The van der Waals surface area contributed by atoms with Gasteiger partial charge in [-0.25, -0.2) is 4.98 Å². The Morgan fingerprint density at radius 1 is 1.15 bits per heavy atom. The minimum absolute atomic E-state index is 0.0900. The van der Waals surface area contributed by atoms with Crippen molar-refractivity contribution in [2.24, 2.45) is 0 Å². The van der Waals surface area contributed by atoms with Gasteiger partial charge in [-0.1, -0.05) is 47.6 Å². The molecule has 0 aliphatic carbocycles. The molecule has 2 aromatic carbocycles. The van der Waals surface area contributed by atoms with Crippen molar-refractivity contribution in [2.75, 3.05) is 11.1 Å². The van der Waals surface area contributed by atoms with Crippen LogP contribution in [0.15, 0.2) is 53.7 Å². The van der Waals surface area contributed by atoms with E-state index in [2.05, 4.69) is 14.9 Å². The maximum Gasteiger partial charge on any atom is 0.234 e. The first-order chi connectivity index (χ1) is 12.5. The Kier molecular flexibility index (Phi) is 5.69. The van der Waals surface area contributed by atoms with Crippen LogP contribution in [0, 0.1) is 20.8 Å². The smallest absolute Gasteiger partial charge is 0.234 e. The highest BCUT2D eigenvalue weighted by Crippen LogP contribution is 2.26. The lowest BCUT2D eigenvalue weighted by Gasteiger charge is -2.10. The monoisotopic (exact) mass is 385 g/mol. The van der Waals surface area contributed by atoms with E-state index >= 15 is 0 Å². The first kappa shape index (κ1) is 18.5. The van der Waals surface area contributed by atoms with Crippen molar-refractivity contribution in [3.8, 4) is 5.69 Å². The van der Waals surface area contributed by atoms with Gasteiger partial charge in [0.15, 0.2) is 5.16 Å². The molecule has 0 spiro atoms. The average Bonchev–Trinajstić information content (AvgIpc) is 2.91. The number of carbonyl (C=O) groups is 1. The van der Waals surface area contributed by atoms with Gasteiger partial charge in [0, 0.05) is 22.1 Å². The topological polar surface area (TPSA) is 46.9 Å². The molecule has 3 rings (SSSR count). The minimum atomic E-state index is -0.0900. The van der Waals surface area contributed by atoms with Crippen LogP contribution in [0.4, 0.5) is 5.69 Å². The van der Waals surface area contributed by atoms with E-state index in [4.69, 9.17) is 11.6 Å². The molecule has 0 bridgehead atoms. The Hall–Kier alpha value is -2.24. The van der Waals surface area contributed by atoms with Crippen molar-refractivity contribution in [3.63, 3.8) is 0 Å². The molecule has 0 fully saturated rings. The predicted octanol–water partition coefficient (Wildman–Crippen LogP) is 5.18. The van der Waals surface area contributed by atoms with Crippen molar-refractivity contribution < 1.29 is 4.79 Å². The van der Waals surface area contributed by atoms with Crippen LogP contribution in [-0.2, 0) is 4.79 Å². The molecule has 1 aromatic heterocycles. The zero-order valence-electron chi connectivity index (χ0n) is 14.9. The number of rotatable bonds is 5. The zero-order valence-corrected chi connectivity index (χ0v) is 16.5. The number of carbonyl (C=O) groups excluding carboxylic acids is 1. The van der Waals surface area contributed by atoms with Crippen LogP contribution >= 0.6 is 23.4 Å². The van der Waals surface area contributed by atoms with E-state index in [0.717, 1.165) is 27.8 Å².